The number of likely N-dealkylation sites (tertiary alicyclic amines) is 1. The topological polar surface area (TPSA) is 69.7 Å². The zero-order chi connectivity index (χ0) is 23.3. The summed E-state index contributed by atoms with van der Waals surface area (Å²) in [5.74, 6) is 0.812. The van der Waals surface area contributed by atoms with E-state index < -0.39 is 10.0 Å². The van der Waals surface area contributed by atoms with E-state index >= 15 is 0 Å². The van der Waals surface area contributed by atoms with Gasteiger partial charge in [-0.3, -0.25) is 9.69 Å². The number of piperidine rings is 1. The van der Waals surface area contributed by atoms with Crippen molar-refractivity contribution in [2.75, 3.05) is 32.7 Å². The first kappa shape index (κ1) is 24.4. The van der Waals surface area contributed by atoms with Gasteiger partial charge in [-0.05, 0) is 80.3 Å². The van der Waals surface area contributed by atoms with Gasteiger partial charge in [-0.1, -0.05) is 25.1 Å². The van der Waals surface area contributed by atoms with E-state index in [0.717, 1.165) is 37.4 Å². The third-order valence-electron chi connectivity index (χ3n) is 6.89. The lowest BCUT2D eigenvalue weighted by atomic mass is 9.97. The molecule has 33 heavy (non-hydrogen) atoms. The predicted molar refractivity (Wildman–Crippen MR) is 133 cm³/mol. The number of amides is 1. The molecule has 1 aromatic carbocycles. The van der Waals surface area contributed by atoms with E-state index in [1.54, 1.807) is 27.8 Å². The second-order valence-electron chi connectivity index (χ2n) is 9.31. The van der Waals surface area contributed by atoms with E-state index in [1.165, 1.54) is 17.7 Å². The number of nitrogens with zero attached hydrogens (tertiary/aromatic N) is 2. The lowest BCUT2D eigenvalue weighted by Gasteiger charge is -2.36. The highest BCUT2D eigenvalue weighted by molar-refractivity contribution is 7.89. The minimum atomic E-state index is -3.39. The molecule has 180 valence electrons. The summed E-state index contributed by atoms with van der Waals surface area (Å²) in [6, 6.07) is 11.5. The normalized spacial score (nSPS) is 19.5. The van der Waals surface area contributed by atoms with Gasteiger partial charge in [-0.2, -0.15) is 4.31 Å². The highest BCUT2D eigenvalue weighted by Gasteiger charge is 2.27. The van der Waals surface area contributed by atoms with Crippen molar-refractivity contribution in [1.29, 1.82) is 0 Å². The molecule has 2 aliphatic rings. The van der Waals surface area contributed by atoms with Crippen LogP contribution in [0.15, 0.2) is 46.7 Å². The molecule has 2 aliphatic heterocycles. The minimum absolute atomic E-state index is 0.0377. The van der Waals surface area contributed by atoms with Gasteiger partial charge in [0, 0.05) is 30.9 Å². The van der Waals surface area contributed by atoms with Crippen molar-refractivity contribution in [3.8, 4) is 0 Å². The number of aryl methyl sites for hydroxylation is 1. The van der Waals surface area contributed by atoms with Crippen LogP contribution in [0.1, 0.15) is 55.5 Å². The van der Waals surface area contributed by atoms with Crippen LogP contribution in [0.3, 0.4) is 0 Å². The molecule has 1 atom stereocenters. The van der Waals surface area contributed by atoms with Crippen molar-refractivity contribution in [3.63, 3.8) is 0 Å². The lowest BCUT2D eigenvalue weighted by molar-refractivity contribution is -0.121. The number of benzene rings is 1. The average Bonchev–Trinajstić information content (AvgIpc) is 3.54. The van der Waals surface area contributed by atoms with Gasteiger partial charge in [0.05, 0.1) is 10.9 Å². The predicted octanol–water partition coefficient (Wildman–Crippen LogP) is 4.05. The van der Waals surface area contributed by atoms with Crippen LogP contribution < -0.4 is 5.32 Å². The average molecular weight is 490 g/mol. The number of nitrogens with one attached hydrogen (secondary N) is 1. The van der Waals surface area contributed by atoms with E-state index in [0.29, 0.717) is 37.4 Å². The molecule has 4 rings (SSSR count). The summed E-state index contributed by atoms with van der Waals surface area (Å²) in [6.07, 6.45) is 5.26. The summed E-state index contributed by atoms with van der Waals surface area (Å²) in [5.41, 5.74) is 0.977. The Morgan fingerprint density at radius 3 is 2.42 bits per heavy atom. The summed E-state index contributed by atoms with van der Waals surface area (Å²) in [6.45, 7) is 6.30. The Morgan fingerprint density at radius 2 is 1.79 bits per heavy atom. The largest absolute Gasteiger partial charge is 0.354 e. The van der Waals surface area contributed by atoms with Crippen molar-refractivity contribution in [2.45, 2.75) is 56.4 Å². The molecule has 0 radical (unpaired) electrons. The van der Waals surface area contributed by atoms with Crippen LogP contribution in [0.2, 0.25) is 0 Å². The van der Waals surface area contributed by atoms with Gasteiger partial charge in [-0.15, -0.1) is 11.3 Å². The Hall–Kier alpha value is -1.74. The number of thiophene rings is 1. The van der Waals surface area contributed by atoms with Gasteiger partial charge in [-0.25, -0.2) is 8.42 Å². The number of rotatable bonds is 9. The first-order chi connectivity index (χ1) is 15.9. The fourth-order valence-electron chi connectivity index (χ4n) is 4.69. The molecule has 2 aromatic rings. The molecule has 1 aromatic heterocycles. The molecule has 1 N–H and O–H groups in total. The van der Waals surface area contributed by atoms with E-state index in [1.807, 2.05) is 12.1 Å². The van der Waals surface area contributed by atoms with E-state index in [2.05, 4.69) is 34.7 Å². The highest BCUT2D eigenvalue weighted by Crippen LogP contribution is 2.29. The molecule has 0 spiro atoms. The van der Waals surface area contributed by atoms with E-state index in [4.69, 9.17) is 0 Å². The van der Waals surface area contributed by atoms with Crippen LogP contribution in [0.25, 0.3) is 0 Å². The molecular formula is C25H35N3O3S2. The monoisotopic (exact) mass is 489 g/mol. The van der Waals surface area contributed by atoms with Gasteiger partial charge < -0.3 is 5.32 Å². The Kier molecular flexibility index (Phi) is 8.22. The molecule has 0 aliphatic carbocycles. The van der Waals surface area contributed by atoms with Crippen molar-refractivity contribution >= 4 is 27.3 Å². The molecule has 0 bridgehead atoms. The number of hydrogen-bond acceptors (Lipinski definition) is 5. The van der Waals surface area contributed by atoms with E-state index in [9.17, 15) is 13.2 Å². The minimum Gasteiger partial charge on any atom is -0.354 e. The van der Waals surface area contributed by atoms with Gasteiger partial charge in [0.2, 0.25) is 15.9 Å². The zero-order valence-electron chi connectivity index (χ0n) is 19.4. The maximum absolute atomic E-state index is 12.7. The van der Waals surface area contributed by atoms with Gasteiger partial charge in [0.15, 0.2) is 0 Å². The Bertz CT molecular complexity index is 992. The second kappa shape index (κ2) is 11.1. The molecule has 6 nitrogen and oxygen atoms in total. The first-order valence-electron chi connectivity index (χ1n) is 12.1. The van der Waals surface area contributed by atoms with Crippen LogP contribution in [-0.4, -0.2) is 56.3 Å². The molecular weight excluding hydrogens is 454 g/mol. The smallest absolute Gasteiger partial charge is 0.243 e. The lowest BCUT2D eigenvalue weighted by Crippen LogP contribution is -2.41. The van der Waals surface area contributed by atoms with Crippen LogP contribution in [0, 0.1) is 5.92 Å². The van der Waals surface area contributed by atoms with Crippen molar-refractivity contribution in [3.05, 3.63) is 52.2 Å². The van der Waals surface area contributed by atoms with E-state index in [-0.39, 0.29) is 11.9 Å². The molecule has 8 heteroatoms. The summed E-state index contributed by atoms with van der Waals surface area (Å²) < 4.78 is 26.9. The van der Waals surface area contributed by atoms with Crippen LogP contribution in [0.5, 0.6) is 0 Å². The summed E-state index contributed by atoms with van der Waals surface area (Å²) in [4.78, 5) is 16.7. The second-order valence-corrected chi connectivity index (χ2v) is 12.2. The van der Waals surface area contributed by atoms with Crippen LogP contribution >= 0.6 is 11.3 Å². The molecule has 2 saturated heterocycles. The third kappa shape index (κ3) is 6.23. The highest BCUT2D eigenvalue weighted by atomic mass is 32.2. The number of carbonyl (C=O) groups is 1. The number of sulfonamides is 1. The fourth-order valence-corrected chi connectivity index (χ4v) is 7.07. The van der Waals surface area contributed by atoms with Gasteiger partial charge >= 0.3 is 0 Å². The third-order valence-corrected chi connectivity index (χ3v) is 9.78. The first-order valence-corrected chi connectivity index (χ1v) is 14.4. The van der Waals surface area contributed by atoms with Crippen LogP contribution in [0.4, 0.5) is 0 Å². The fraction of sp³-hybridized carbons (Fsp3) is 0.560. The SMILES string of the molecule is CC1CCN(C(CNC(=O)CCc2ccc(S(=O)(=O)N3CCCC3)cc2)c2cccs2)CC1. The van der Waals surface area contributed by atoms with Crippen molar-refractivity contribution in [2.24, 2.45) is 5.92 Å². The molecule has 1 unspecified atom stereocenters. The zero-order valence-corrected chi connectivity index (χ0v) is 21.0. The maximum Gasteiger partial charge on any atom is 0.243 e. The Balaban J connectivity index is 1.28. The number of hydrogen-bond donors (Lipinski definition) is 1. The van der Waals surface area contributed by atoms with Gasteiger partial charge in [0.1, 0.15) is 0 Å². The Morgan fingerprint density at radius 1 is 1.09 bits per heavy atom. The van der Waals surface area contributed by atoms with Crippen molar-refractivity contribution in [1.82, 2.24) is 14.5 Å². The summed E-state index contributed by atoms with van der Waals surface area (Å²) in [7, 11) is -3.39. The van der Waals surface area contributed by atoms with Gasteiger partial charge in [0.25, 0.3) is 0 Å². The van der Waals surface area contributed by atoms with Crippen molar-refractivity contribution < 1.29 is 13.2 Å². The Labute approximate surface area is 202 Å². The molecule has 1 amide bonds. The van der Waals surface area contributed by atoms with Crippen LogP contribution in [-0.2, 0) is 21.2 Å². The maximum atomic E-state index is 12.7. The molecule has 3 heterocycles. The molecule has 2 fully saturated rings. The quantitative estimate of drug-likeness (QED) is 0.577. The molecule has 0 saturated carbocycles. The summed E-state index contributed by atoms with van der Waals surface area (Å²) in [5, 5.41) is 5.25. The number of carbonyl (C=O) groups excluding carboxylic acids is 1. The standard InChI is InChI=1S/C25H35N3O3S2/c1-20-12-16-27(17-13-20)23(24-5-4-18-32-24)19-26-25(29)11-8-21-6-9-22(10-7-21)33(30,31)28-14-2-3-15-28/h4-7,9-10,18,20,23H,2-3,8,11-17,19H2,1H3,(H,26,29). The summed E-state index contributed by atoms with van der Waals surface area (Å²) >= 11 is 1.75.